The van der Waals surface area contributed by atoms with Crippen molar-refractivity contribution >= 4 is 17.4 Å². The van der Waals surface area contributed by atoms with Crippen molar-refractivity contribution in [2.24, 2.45) is 0 Å². The van der Waals surface area contributed by atoms with Crippen LogP contribution in [0.4, 0.5) is 0 Å². The van der Waals surface area contributed by atoms with Gasteiger partial charge in [-0.1, -0.05) is 31.5 Å². The summed E-state index contributed by atoms with van der Waals surface area (Å²) in [6.07, 6.45) is 1.54. The minimum absolute atomic E-state index is 0.0117. The predicted molar refractivity (Wildman–Crippen MR) is 72.0 cm³/mol. The van der Waals surface area contributed by atoms with Gasteiger partial charge in [-0.25, -0.2) is 0 Å². The molecule has 0 saturated carbocycles. The molecule has 4 heteroatoms. The molecule has 1 unspecified atom stereocenters. The zero-order valence-electron chi connectivity index (χ0n) is 10.8. The van der Waals surface area contributed by atoms with E-state index < -0.39 is 6.10 Å². The van der Waals surface area contributed by atoms with Gasteiger partial charge in [-0.2, -0.15) is 0 Å². The number of aromatic hydroxyl groups is 1. The second-order valence-electron chi connectivity index (χ2n) is 4.18. The number of phenolic OH excluding ortho intramolecular Hbond substituents is 1. The Morgan fingerprint density at radius 1 is 1.39 bits per heavy atom. The number of ketones is 1. The lowest BCUT2D eigenvalue weighted by atomic mass is 10.0. The van der Waals surface area contributed by atoms with Crippen LogP contribution in [0.25, 0.3) is 0 Å². The molecular formula is C14H19ClO3. The molecule has 0 amide bonds. The van der Waals surface area contributed by atoms with Crippen LogP contribution in [0.2, 0.25) is 5.02 Å². The van der Waals surface area contributed by atoms with Gasteiger partial charge < -0.3 is 9.84 Å². The van der Waals surface area contributed by atoms with Crippen molar-refractivity contribution < 1.29 is 14.6 Å². The first-order valence-electron chi connectivity index (χ1n) is 6.22. The van der Waals surface area contributed by atoms with Gasteiger partial charge in [-0.05, 0) is 30.5 Å². The molecule has 1 atom stereocenters. The molecule has 0 saturated heterocycles. The van der Waals surface area contributed by atoms with E-state index in [-0.39, 0.29) is 16.6 Å². The van der Waals surface area contributed by atoms with Gasteiger partial charge in [0.15, 0.2) is 5.78 Å². The van der Waals surface area contributed by atoms with Gasteiger partial charge in [-0.15, -0.1) is 0 Å². The molecule has 1 rings (SSSR count). The smallest absolute Gasteiger partial charge is 0.166 e. The third-order valence-corrected chi connectivity index (χ3v) is 2.85. The van der Waals surface area contributed by atoms with Crippen LogP contribution in [0.5, 0.6) is 5.75 Å². The molecule has 0 aliphatic carbocycles. The highest BCUT2D eigenvalue weighted by Crippen LogP contribution is 2.29. The summed E-state index contributed by atoms with van der Waals surface area (Å²) in [4.78, 5) is 12.0. The van der Waals surface area contributed by atoms with Crippen LogP contribution in [0.3, 0.4) is 0 Å². The van der Waals surface area contributed by atoms with Crippen molar-refractivity contribution in [2.75, 3.05) is 6.61 Å². The largest absolute Gasteiger partial charge is 0.506 e. The molecule has 0 heterocycles. The maximum atomic E-state index is 12.0. The number of hydrogen-bond donors (Lipinski definition) is 1. The molecular weight excluding hydrogens is 252 g/mol. The van der Waals surface area contributed by atoms with Gasteiger partial charge in [0.2, 0.25) is 0 Å². The van der Waals surface area contributed by atoms with E-state index in [0.717, 1.165) is 12.8 Å². The van der Waals surface area contributed by atoms with Gasteiger partial charge in [0, 0.05) is 13.0 Å². The van der Waals surface area contributed by atoms with Gasteiger partial charge in [0.05, 0.1) is 5.02 Å². The molecule has 0 aliphatic heterocycles. The molecule has 100 valence electrons. The van der Waals surface area contributed by atoms with Gasteiger partial charge in [0.1, 0.15) is 11.9 Å². The number of ether oxygens (including phenoxy) is 1. The Morgan fingerprint density at radius 3 is 2.67 bits per heavy atom. The first kappa shape index (κ1) is 15.0. The molecule has 1 aromatic carbocycles. The number of carbonyl (C=O) groups is 1. The highest BCUT2D eigenvalue weighted by molar-refractivity contribution is 6.32. The summed E-state index contributed by atoms with van der Waals surface area (Å²) in [6, 6.07) is 4.75. The Morgan fingerprint density at radius 2 is 2.11 bits per heavy atom. The highest BCUT2D eigenvalue weighted by Gasteiger charge is 2.21. The number of phenols is 1. The second-order valence-corrected chi connectivity index (χ2v) is 4.59. The Balaban J connectivity index is 2.93. The Kier molecular flexibility index (Phi) is 6.16. The predicted octanol–water partition coefficient (Wildman–Crippen LogP) is 3.88. The van der Waals surface area contributed by atoms with Crippen LogP contribution in [-0.4, -0.2) is 17.5 Å². The first-order chi connectivity index (χ1) is 8.60. The average molecular weight is 271 g/mol. The summed E-state index contributed by atoms with van der Waals surface area (Å²) in [5, 5.41) is 9.62. The number of rotatable bonds is 7. The zero-order chi connectivity index (χ0) is 13.5. The fourth-order valence-corrected chi connectivity index (χ4v) is 1.86. The van der Waals surface area contributed by atoms with E-state index in [9.17, 15) is 9.90 Å². The van der Waals surface area contributed by atoms with Crippen molar-refractivity contribution in [2.45, 2.75) is 39.2 Å². The fraction of sp³-hybridized carbons (Fsp3) is 0.500. The van der Waals surface area contributed by atoms with Crippen LogP contribution in [-0.2, 0) is 9.53 Å². The first-order valence-corrected chi connectivity index (χ1v) is 6.60. The van der Waals surface area contributed by atoms with E-state index in [0.29, 0.717) is 18.6 Å². The maximum Gasteiger partial charge on any atom is 0.166 e. The number of halogens is 1. The molecule has 0 radical (unpaired) electrons. The van der Waals surface area contributed by atoms with Crippen LogP contribution in [0.15, 0.2) is 18.2 Å². The molecule has 0 aliphatic rings. The fourth-order valence-electron chi connectivity index (χ4n) is 1.67. The zero-order valence-corrected chi connectivity index (χ0v) is 11.5. The van der Waals surface area contributed by atoms with Crippen molar-refractivity contribution in [3.05, 3.63) is 28.8 Å². The van der Waals surface area contributed by atoms with Gasteiger partial charge in [-0.3, -0.25) is 4.79 Å². The summed E-state index contributed by atoms with van der Waals surface area (Å²) < 4.78 is 5.60. The minimum atomic E-state index is -0.581. The third kappa shape index (κ3) is 4.00. The topological polar surface area (TPSA) is 46.5 Å². The second kappa shape index (κ2) is 7.39. The standard InChI is InChI=1S/C14H19ClO3/c1-3-5-13(17)14(18-8-4-2)10-6-7-12(16)11(15)9-10/h6-7,9,14,16H,3-5,8H2,1-2H3. The molecule has 0 fully saturated rings. The number of benzene rings is 1. The molecule has 3 nitrogen and oxygen atoms in total. The van der Waals surface area contributed by atoms with Crippen molar-refractivity contribution in [3.8, 4) is 5.75 Å². The molecule has 1 aromatic rings. The Hall–Kier alpha value is -1.06. The van der Waals surface area contributed by atoms with Crippen molar-refractivity contribution in [3.63, 3.8) is 0 Å². The lowest BCUT2D eigenvalue weighted by Crippen LogP contribution is -2.16. The van der Waals surface area contributed by atoms with Gasteiger partial charge in [0.25, 0.3) is 0 Å². The van der Waals surface area contributed by atoms with Crippen molar-refractivity contribution in [1.82, 2.24) is 0 Å². The Labute approximate surface area is 113 Å². The summed E-state index contributed by atoms with van der Waals surface area (Å²) in [6.45, 7) is 4.47. The summed E-state index contributed by atoms with van der Waals surface area (Å²) in [5.41, 5.74) is 0.699. The summed E-state index contributed by atoms with van der Waals surface area (Å²) in [7, 11) is 0. The van der Waals surface area contributed by atoms with Crippen LogP contribution in [0, 0.1) is 0 Å². The third-order valence-electron chi connectivity index (χ3n) is 2.55. The minimum Gasteiger partial charge on any atom is -0.506 e. The summed E-state index contributed by atoms with van der Waals surface area (Å²) >= 11 is 5.86. The van der Waals surface area contributed by atoms with E-state index in [1.165, 1.54) is 6.07 Å². The van der Waals surface area contributed by atoms with Crippen LogP contribution < -0.4 is 0 Å². The van der Waals surface area contributed by atoms with Crippen LogP contribution >= 0.6 is 11.6 Å². The average Bonchev–Trinajstić information content (AvgIpc) is 2.34. The monoisotopic (exact) mass is 270 g/mol. The van der Waals surface area contributed by atoms with E-state index in [1.54, 1.807) is 12.1 Å². The molecule has 0 bridgehead atoms. The SMILES string of the molecule is CCCOC(C(=O)CCC)c1ccc(O)c(Cl)c1. The quantitative estimate of drug-likeness (QED) is 0.818. The lowest BCUT2D eigenvalue weighted by Gasteiger charge is -2.17. The Bertz CT molecular complexity index is 404. The van der Waals surface area contributed by atoms with E-state index >= 15 is 0 Å². The summed E-state index contributed by atoms with van der Waals surface area (Å²) in [5.74, 6) is 0.0605. The number of Topliss-reactive ketones (excluding diaryl/α,β-unsaturated/α-hetero) is 1. The molecule has 1 N–H and O–H groups in total. The van der Waals surface area contributed by atoms with E-state index in [4.69, 9.17) is 16.3 Å². The normalized spacial score (nSPS) is 12.4. The molecule has 0 spiro atoms. The molecule has 18 heavy (non-hydrogen) atoms. The lowest BCUT2D eigenvalue weighted by molar-refractivity contribution is -0.131. The number of carbonyl (C=O) groups excluding carboxylic acids is 1. The van der Waals surface area contributed by atoms with Crippen LogP contribution in [0.1, 0.15) is 44.8 Å². The van der Waals surface area contributed by atoms with E-state index in [2.05, 4.69) is 0 Å². The van der Waals surface area contributed by atoms with E-state index in [1.807, 2.05) is 13.8 Å². The van der Waals surface area contributed by atoms with Gasteiger partial charge >= 0.3 is 0 Å². The maximum absolute atomic E-state index is 12.0. The highest BCUT2D eigenvalue weighted by atomic mass is 35.5. The van der Waals surface area contributed by atoms with Crippen molar-refractivity contribution in [1.29, 1.82) is 0 Å². The number of hydrogen-bond acceptors (Lipinski definition) is 3. The molecule has 0 aromatic heterocycles.